The van der Waals surface area contributed by atoms with Gasteiger partial charge in [0.1, 0.15) is 11.5 Å². The number of hydrogen-bond donors (Lipinski definition) is 2. The average molecular weight is 400 g/mol. The van der Waals surface area contributed by atoms with Crippen molar-refractivity contribution in [2.75, 3.05) is 0 Å². The van der Waals surface area contributed by atoms with E-state index in [9.17, 15) is 9.59 Å². The maximum absolute atomic E-state index is 13.0. The second-order valence-corrected chi connectivity index (χ2v) is 8.37. The van der Waals surface area contributed by atoms with Gasteiger partial charge < -0.3 is 15.4 Å². The number of hydrogen-bond acceptors (Lipinski definition) is 3. The minimum absolute atomic E-state index is 0.165. The lowest BCUT2D eigenvalue weighted by atomic mass is 9.94. The van der Waals surface area contributed by atoms with E-state index in [0.29, 0.717) is 11.1 Å². The Hall–Kier alpha value is -3.60. The molecule has 3 aromatic carbocycles. The van der Waals surface area contributed by atoms with E-state index >= 15 is 0 Å². The van der Waals surface area contributed by atoms with Gasteiger partial charge in [-0.2, -0.15) is 0 Å². The van der Waals surface area contributed by atoms with E-state index in [2.05, 4.69) is 10.6 Å². The van der Waals surface area contributed by atoms with E-state index in [1.807, 2.05) is 69.3 Å². The molecule has 0 spiro atoms. The van der Waals surface area contributed by atoms with Crippen molar-refractivity contribution in [3.8, 4) is 11.5 Å². The first-order valence-corrected chi connectivity index (χ1v) is 9.91. The first-order valence-electron chi connectivity index (χ1n) is 9.91. The van der Waals surface area contributed by atoms with E-state index < -0.39 is 0 Å². The van der Waals surface area contributed by atoms with Crippen molar-refractivity contribution in [1.29, 1.82) is 0 Å². The van der Waals surface area contributed by atoms with Crippen molar-refractivity contribution in [3.63, 3.8) is 0 Å². The Balaban J connectivity index is 1.57. The number of carbonyl (C=O) groups excluding carboxylic acids is 2. The number of carbonyl (C=O) groups is 2. The van der Waals surface area contributed by atoms with E-state index in [-0.39, 0.29) is 23.4 Å². The Kier molecular flexibility index (Phi) is 5.04. The van der Waals surface area contributed by atoms with Crippen molar-refractivity contribution >= 4 is 11.8 Å². The molecule has 0 radical (unpaired) electrons. The molecule has 0 atom stereocenters. The average Bonchev–Trinajstić information content (AvgIpc) is 2.72. The monoisotopic (exact) mass is 400 g/mol. The molecule has 5 nitrogen and oxygen atoms in total. The number of nitrogens with one attached hydrogen (secondary N) is 2. The molecule has 5 heteroatoms. The van der Waals surface area contributed by atoms with Crippen LogP contribution in [-0.4, -0.2) is 17.4 Å². The Morgan fingerprint density at radius 1 is 0.733 bits per heavy atom. The topological polar surface area (TPSA) is 67.4 Å². The van der Waals surface area contributed by atoms with Crippen LogP contribution in [0, 0.1) is 0 Å². The van der Waals surface area contributed by atoms with Gasteiger partial charge in [0.15, 0.2) is 0 Å². The van der Waals surface area contributed by atoms with Crippen LogP contribution in [0.2, 0.25) is 0 Å². The summed E-state index contributed by atoms with van der Waals surface area (Å²) in [6.45, 7) is 5.78. The van der Waals surface area contributed by atoms with Crippen molar-refractivity contribution in [2.45, 2.75) is 32.4 Å². The molecule has 152 valence electrons. The van der Waals surface area contributed by atoms with E-state index in [4.69, 9.17) is 4.74 Å². The first-order chi connectivity index (χ1) is 14.3. The Morgan fingerprint density at radius 2 is 1.20 bits per heavy atom. The van der Waals surface area contributed by atoms with Crippen molar-refractivity contribution < 1.29 is 14.3 Å². The number of benzene rings is 3. The Bertz CT molecular complexity index is 1050. The molecule has 0 bridgehead atoms. The summed E-state index contributed by atoms with van der Waals surface area (Å²) >= 11 is 0. The zero-order valence-electron chi connectivity index (χ0n) is 17.2. The third-order valence-electron chi connectivity index (χ3n) is 4.85. The van der Waals surface area contributed by atoms with E-state index in [1.54, 1.807) is 24.3 Å². The lowest BCUT2D eigenvalue weighted by Gasteiger charge is -2.28. The van der Waals surface area contributed by atoms with Crippen molar-refractivity contribution in [3.05, 3.63) is 95.1 Å². The number of amides is 2. The molecule has 2 N–H and O–H groups in total. The molecule has 1 aliphatic heterocycles. The highest BCUT2D eigenvalue weighted by Crippen LogP contribution is 2.42. The summed E-state index contributed by atoms with van der Waals surface area (Å²) in [5.74, 6) is 1.09. The zero-order valence-corrected chi connectivity index (χ0v) is 17.2. The maximum Gasteiger partial charge on any atom is 0.252 e. The molecule has 3 aromatic rings. The smallest absolute Gasteiger partial charge is 0.252 e. The molecule has 0 unspecified atom stereocenters. The standard InChI is InChI=1S/C25H24N2O3/c1-25(2,3)27-24(29)17-14-12-16(13-15-17)23(28)26-22-18-8-4-6-10-20(18)30-21-11-7-5-9-19(21)22/h4-15,22H,1-3H3,(H,26,28)(H,27,29). The quantitative estimate of drug-likeness (QED) is 0.661. The van der Waals surface area contributed by atoms with Gasteiger partial charge in [0, 0.05) is 27.8 Å². The molecular formula is C25H24N2O3. The summed E-state index contributed by atoms with van der Waals surface area (Å²) in [5, 5.41) is 6.03. The molecule has 0 aromatic heterocycles. The van der Waals surface area contributed by atoms with E-state index in [1.165, 1.54) is 0 Å². The van der Waals surface area contributed by atoms with Crippen LogP contribution < -0.4 is 15.4 Å². The molecule has 0 fully saturated rings. The van der Waals surface area contributed by atoms with Crippen LogP contribution in [0.5, 0.6) is 11.5 Å². The highest BCUT2D eigenvalue weighted by molar-refractivity contribution is 5.98. The minimum atomic E-state index is -0.322. The van der Waals surface area contributed by atoms with Crippen LogP contribution in [0.1, 0.15) is 58.7 Å². The zero-order chi connectivity index (χ0) is 21.3. The fourth-order valence-corrected chi connectivity index (χ4v) is 3.47. The van der Waals surface area contributed by atoms with Gasteiger partial charge in [0.2, 0.25) is 0 Å². The summed E-state index contributed by atoms with van der Waals surface area (Å²) in [4.78, 5) is 25.3. The third-order valence-corrected chi connectivity index (χ3v) is 4.85. The van der Waals surface area contributed by atoms with Crippen molar-refractivity contribution in [2.24, 2.45) is 0 Å². The predicted molar refractivity (Wildman–Crippen MR) is 116 cm³/mol. The number of ether oxygens (including phenoxy) is 1. The summed E-state index contributed by atoms with van der Waals surface area (Å²) in [6.07, 6.45) is 0. The minimum Gasteiger partial charge on any atom is -0.457 e. The summed E-state index contributed by atoms with van der Waals surface area (Å²) < 4.78 is 5.98. The fraction of sp³-hybridized carbons (Fsp3) is 0.200. The molecule has 1 aliphatic rings. The van der Waals surface area contributed by atoms with Gasteiger partial charge in [-0.05, 0) is 57.2 Å². The van der Waals surface area contributed by atoms with E-state index in [0.717, 1.165) is 22.6 Å². The molecule has 4 rings (SSSR count). The molecule has 2 amide bonds. The molecule has 1 heterocycles. The van der Waals surface area contributed by atoms with Crippen LogP contribution in [-0.2, 0) is 0 Å². The summed E-state index contributed by atoms with van der Waals surface area (Å²) in [5.41, 5.74) is 2.50. The molecule has 30 heavy (non-hydrogen) atoms. The number of para-hydroxylation sites is 2. The highest BCUT2D eigenvalue weighted by atomic mass is 16.5. The van der Waals surface area contributed by atoms with Crippen LogP contribution in [0.15, 0.2) is 72.8 Å². The Labute approximate surface area is 176 Å². The predicted octanol–water partition coefficient (Wildman–Crippen LogP) is 4.84. The lowest BCUT2D eigenvalue weighted by molar-refractivity contribution is 0.0913. The second-order valence-electron chi connectivity index (χ2n) is 8.37. The Morgan fingerprint density at radius 3 is 1.70 bits per heavy atom. The maximum atomic E-state index is 13.0. The van der Waals surface area contributed by atoms with Gasteiger partial charge in [-0.15, -0.1) is 0 Å². The highest BCUT2D eigenvalue weighted by Gasteiger charge is 2.28. The summed E-state index contributed by atoms with van der Waals surface area (Å²) in [6, 6.07) is 21.7. The number of fused-ring (bicyclic) bond motifs is 2. The van der Waals surface area contributed by atoms with Crippen molar-refractivity contribution in [1.82, 2.24) is 10.6 Å². The van der Waals surface area contributed by atoms with Crippen LogP contribution in [0.25, 0.3) is 0 Å². The second kappa shape index (κ2) is 7.67. The van der Waals surface area contributed by atoms with Gasteiger partial charge >= 0.3 is 0 Å². The fourth-order valence-electron chi connectivity index (χ4n) is 3.47. The molecule has 0 saturated carbocycles. The van der Waals surface area contributed by atoms with Crippen LogP contribution in [0.4, 0.5) is 0 Å². The van der Waals surface area contributed by atoms with Gasteiger partial charge in [-0.25, -0.2) is 0 Å². The van der Waals surface area contributed by atoms with Gasteiger partial charge in [0.25, 0.3) is 11.8 Å². The molecule has 0 saturated heterocycles. The van der Waals surface area contributed by atoms with Gasteiger partial charge in [-0.3, -0.25) is 9.59 Å². The van der Waals surface area contributed by atoms with Crippen LogP contribution in [0.3, 0.4) is 0 Å². The lowest BCUT2D eigenvalue weighted by Crippen LogP contribution is -2.40. The molecular weight excluding hydrogens is 376 g/mol. The van der Waals surface area contributed by atoms with Crippen LogP contribution >= 0.6 is 0 Å². The SMILES string of the molecule is CC(C)(C)NC(=O)c1ccc(C(=O)NC2c3ccccc3Oc3ccccc32)cc1. The number of rotatable bonds is 3. The van der Waals surface area contributed by atoms with Gasteiger partial charge in [0.05, 0.1) is 6.04 Å². The molecule has 0 aliphatic carbocycles. The normalized spacial score (nSPS) is 12.9. The third kappa shape index (κ3) is 4.06. The summed E-state index contributed by atoms with van der Waals surface area (Å²) in [7, 11) is 0. The van der Waals surface area contributed by atoms with Gasteiger partial charge in [-0.1, -0.05) is 36.4 Å². The largest absolute Gasteiger partial charge is 0.457 e. The first kappa shape index (κ1) is 19.7.